The third kappa shape index (κ3) is 5.56. The number of nitrogens with two attached hydrogens (primary N) is 2. The predicted octanol–water partition coefficient (Wildman–Crippen LogP) is 1.74. The summed E-state index contributed by atoms with van der Waals surface area (Å²) in [5, 5.41) is 0. The van der Waals surface area contributed by atoms with Crippen LogP contribution in [0.4, 0.5) is 0 Å². The van der Waals surface area contributed by atoms with Gasteiger partial charge < -0.3 is 11.5 Å². The standard InChI is InChI=1S/C10H24N2/c1-3-10(5-4-6-11)7-9(2)8-12/h9-10H,3-8,11-12H2,1-2H3. The normalized spacial score (nSPS) is 16.0. The molecule has 2 unspecified atom stereocenters. The topological polar surface area (TPSA) is 52.0 Å². The lowest BCUT2D eigenvalue weighted by Crippen LogP contribution is -2.15. The molecule has 0 radical (unpaired) electrons. The summed E-state index contributed by atoms with van der Waals surface area (Å²) in [6.07, 6.45) is 4.98. The van der Waals surface area contributed by atoms with E-state index in [1.165, 1.54) is 19.3 Å². The minimum atomic E-state index is 0.674. The molecule has 0 rings (SSSR count). The van der Waals surface area contributed by atoms with Crippen LogP contribution in [0, 0.1) is 11.8 Å². The molecule has 0 saturated heterocycles. The van der Waals surface area contributed by atoms with Crippen molar-refractivity contribution in [2.24, 2.45) is 23.3 Å². The van der Waals surface area contributed by atoms with Gasteiger partial charge in [0.1, 0.15) is 0 Å². The van der Waals surface area contributed by atoms with E-state index in [4.69, 9.17) is 11.5 Å². The Hall–Kier alpha value is -0.0800. The highest BCUT2D eigenvalue weighted by Gasteiger charge is 2.09. The first-order chi connectivity index (χ1) is 5.74. The molecule has 0 saturated carbocycles. The lowest BCUT2D eigenvalue weighted by atomic mass is 9.90. The molecule has 0 aromatic heterocycles. The van der Waals surface area contributed by atoms with Crippen molar-refractivity contribution in [3.63, 3.8) is 0 Å². The highest BCUT2D eigenvalue weighted by Crippen LogP contribution is 2.19. The van der Waals surface area contributed by atoms with Crippen molar-refractivity contribution in [1.29, 1.82) is 0 Å². The van der Waals surface area contributed by atoms with Crippen molar-refractivity contribution in [3.05, 3.63) is 0 Å². The van der Waals surface area contributed by atoms with E-state index in [0.717, 1.165) is 25.4 Å². The summed E-state index contributed by atoms with van der Waals surface area (Å²) in [6.45, 7) is 6.13. The molecule has 0 fully saturated rings. The van der Waals surface area contributed by atoms with Gasteiger partial charge >= 0.3 is 0 Å². The van der Waals surface area contributed by atoms with Crippen LogP contribution in [0.15, 0.2) is 0 Å². The third-order valence-corrected chi connectivity index (χ3v) is 2.53. The van der Waals surface area contributed by atoms with Crippen LogP contribution in [-0.2, 0) is 0 Å². The van der Waals surface area contributed by atoms with Gasteiger partial charge in [-0.1, -0.05) is 20.3 Å². The largest absolute Gasteiger partial charge is 0.330 e. The van der Waals surface area contributed by atoms with Gasteiger partial charge in [-0.3, -0.25) is 0 Å². The van der Waals surface area contributed by atoms with Crippen LogP contribution in [0.25, 0.3) is 0 Å². The van der Waals surface area contributed by atoms with Crippen LogP contribution in [-0.4, -0.2) is 13.1 Å². The summed E-state index contributed by atoms with van der Waals surface area (Å²) in [5.74, 6) is 1.51. The Balaban J connectivity index is 3.51. The number of hydrogen-bond donors (Lipinski definition) is 2. The molecule has 2 nitrogen and oxygen atoms in total. The van der Waals surface area contributed by atoms with Crippen molar-refractivity contribution >= 4 is 0 Å². The van der Waals surface area contributed by atoms with E-state index >= 15 is 0 Å². The van der Waals surface area contributed by atoms with E-state index in [-0.39, 0.29) is 0 Å². The van der Waals surface area contributed by atoms with Crippen molar-refractivity contribution in [3.8, 4) is 0 Å². The smallest absolute Gasteiger partial charge is 0.00514 e. The molecule has 12 heavy (non-hydrogen) atoms. The Morgan fingerprint density at radius 2 is 1.92 bits per heavy atom. The SMILES string of the molecule is CCC(CCCN)CC(C)CN. The maximum Gasteiger partial charge on any atom is -0.00514 e. The van der Waals surface area contributed by atoms with E-state index in [2.05, 4.69) is 13.8 Å². The molecular weight excluding hydrogens is 148 g/mol. The van der Waals surface area contributed by atoms with Gasteiger partial charge in [-0.25, -0.2) is 0 Å². The Bertz CT molecular complexity index is 93.8. The van der Waals surface area contributed by atoms with Gasteiger partial charge in [-0.2, -0.15) is 0 Å². The van der Waals surface area contributed by atoms with Crippen LogP contribution in [0.2, 0.25) is 0 Å². The van der Waals surface area contributed by atoms with Gasteiger partial charge in [0, 0.05) is 0 Å². The first kappa shape index (κ1) is 11.9. The Morgan fingerprint density at radius 3 is 2.33 bits per heavy atom. The zero-order valence-corrected chi connectivity index (χ0v) is 8.55. The molecule has 74 valence electrons. The molecule has 0 aliphatic carbocycles. The molecule has 0 aromatic carbocycles. The minimum Gasteiger partial charge on any atom is -0.330 e. The van der Waals surface area contributed by atoms with E-state index in [0.29, 0.717) is 5.92 Å². The Labute approximate surface area is 76.7 Å². The van der Waals surface area contributed by atoms with Gasteiger partial charge in [0.05, 0.1) is 0 Å². The molecular formula is C10H24N2. The van der Waals surface area contributed by atoms with Gasteiger partial charge in [0.2, 0.25) is 0 Å². The van der Waals surface area contributed by atoms with Crippen LogP contribution in [0.3, 0.4) is 0 Å². The first-order valence-corrected chi connectivity index (χ1v) is 5.14. The molecule has 0 aromatic rings. The van der Waals surface area contributed by atoms with E-state index in [1.807, 2.05) is 0 Å². The van der Waals surface area contributed by atoms with Crippen LogP contribution in [0.1, 0.15) is 39.5 Å². The summed E-state index contributed by atoms with van der Waals surface area (Å²) < 4.78 is 0. The molecule has 4 N–H and O–H groups in total. The average molecular weight is 172 g/mol. The first-order valence-electron chi connectivity index (χ1n) is 5.14. The van der Waals surface area contributed by atoms with Crippen molar-refractivity contribution in [1.82, 2.24) is 0 Å². The van der Waals surface area contributed by atoms with Gasteiger partial charge in [0.25, 0.3) is 0 Å². The second kappa shape index (κ2) is 7.56. The van der Waals surface area contributed by atoms with Gasteiger partial charge in [-0.15, -0.1) is 0 Å². The van der Waals surface area contributed by atoms with Crippen LogP contribution in [0.5, 0.6) is 0 Å². The lowest BCUT2D eigenvalue weighted by Gasteiger charge is -2.17. The molecule has 0 heterocycles. The lowest BCUT2D eigenvalue weighted by molar-refractivity contribution is 0.359. The number of hydrogen-bond acceptors (Lipinski definition) is 2. The maximum absolute atomic E-state index is 5.58. The quantitative estimate of drug-likeness (QED) is 0.614. The fraction of sp³-hybridized carbons (Fsp3) is 1.00. The second-order valence-electron chi connectivity index (χ2n) is 3.78. The average Bonchev–Trinajstić information content (AvgIpc) is 2.11. The summed E-state index contributed by atoms with van der Waals surface area (Å²) in [4.78, 5) is 0. The van der Waals surface area contributed by atoms with Crippen molar-refractivity contribution < 1.29 is 0 Å². The second-order valence-corrected chi connectivity index (χ2v) is 3.78. The zero-order chi connectivity index (χ0) is 9.40. The minimum absolute atomic E-state index is 0.674. The Morgan fingerprint density at radius 1 is 1.25 bits per heavy atom. The predicted molar refractivity (Wildman–Crippen MR) is 54.9 cm³/mol. The van der Waals surface area contributed by atoms with Crippen LogP contribution < -0.4 is 11.5 Å². The molecule has 0 bridgehead atoms. The molecule has 0 amide bonds. The van der Waals surface area contributed by atoms with Crippen molar-refractivity contribution in [2.75, 3.05) is 13.1 Å². The van der Waals surface area contributed by atoms with E-state index in [9.17, 15) is 0 Å². The number of rotatable bonds is 7. The monoisotopic (exact) mass is 172 g/mol. The summed E-state index contributed by atoms with van der Waals surface area (Å²) in [7, 11) is 0. The fourth-order valence-corrected chi connectivity index (χ4v) is 1.56. The molecule has 0 spiro atoms. The molecule has 2 heteroatoms. The van der Waals surface area contributed by atoms with Gasteiger partial charge in [-0.05, 0) is 44.2 Å². The Kier molecular flexibility index (Phi) is 7.51. The maximum atomic E-state index is 5.58. The van der Waals surface area contributed by atoms with Crippen LogP contribution >= 0.6 is 0 Å². The summed E-state index contributed by atoms with van der Waals surface area (Å²) in [6, 6.07) is 0. The van der Waals surface area contributed by atoms with Crippen molar-refractivity contribution in [2.45, 2.75) is 39.5 Å². The summed E-state index contributed by atoms with van der Waals surface area (Å²) >= 11 is 0. The molecule has 0 aliphatic heterocycles. The molecule has 0 aliphatic rings. The fourth-order valence-electron chi connectivity index (χ4n) is 1.56. The zero-order valence-electron chi connectivity index (χ0n) is 8.55. The highest BCUT2D eigenvalue weighted by molar-refractivity contribution is 4.63. The summed E-state index contributed by atoms with van der Waals surface area (Å²) in [5.41, 5.74) is 11.0. The highest BCUT2D eigenvalue weighted by atomic mass is 14.5. The molecule has 2 atom stereocenters. The van der Waals surface area contributed by atoms with Gasteiger partial charge in [0.15, 0.2) is 0 Å². The van der Waals surface area contributed by atoms with E-state index in [1.54, 1.807) is 0 Å². The third-order valence-electron chi connectivity index (χ3n) is 2.53. The van der Waals surface area contributed by atoms with E-state index < -0.39 is 0 Å².